The van der Waals surface area contributed by atoms with E-state index in [0.717, 1.165) is 10.5 Å². The van der Waals surface area contributed by atoms with Crippen LogP contribution in [0.2, 0.25) is 0 Å². The van der Waals surface area contributed by atoms with Gasteiger partial charge < -0.3 is 0 Å². The molecule has 1 aliphatic carbocycles. The average Bonchev–Trinajstić information content (AvgIpc) is 3.23. The maximum Gasteiger partial charge on any atom is 0.192 e. The van der Waals surface area contributed by atoms with Crippen molar-refractivity contribution in [1.29, 1.82) is 0 Å². The van der Waals surface area contributed by atoms with Crippen molar-refractivity contribution in [3.8, 4) is 0 Å². The van der Waals surface area contributed by atoms with Gasteiger partial charge in [-0.15, -0.1) is 11.8 Å². The lowest BCUT2D eigenvalue weighted by molar-refractivity contribution is 0.0361. The zero-order chi connectivity index (χ0) is 22.1. The summed E-state index contributed by atoms with van der Waals surface area (Å²) < 4.78 is 0. The lowest BCUT2D eigenvalue weighted by Gasteiger charge is -2.46. The van der Waals surface area contributed by atoms with E-state index >= 15 is 0 Å². The van der Waals surface area contributed by atoms with E-state index in [1.807, 2.05) is 66.5 Å². The normalized spacial score (nSPS) is 26.0. The van der Waals surface area contributed by atoms with Gasteiger partial charge in [-0.3, -0.25) is 19.3 Å². The van der Waals surface area contributed by atoms with Crippen molar-refractivity contribution in [2.45, 2.75) is 16.4 Å². The molecular formula is C27H21NO3S. The molecule has 0 bridgehead atoms. The number of carbonyl (C=O) groups excluding carboxylic acids is 3. The number of likely N-dealkylation sites (N-methyl/N-ethyl adjacent to an activating group) is 1. The smallest absolute Gasteiger partial charge is 0.192 e. The minimum Gasteiger partial charge on any atom is -0.293 e. The van der Waals surface area contributed by atoms with Crippen molar-refractivity contribution < 1.29 is 14.4 Å². The third kappa shape index (κ3) is 2.15. The molecule has 0 saturated carbocycles. The van der Waals surface area contributed by atoms with Crippen LogP contribution in [-0.2, 0) is 0 Å². The Morgan fingerprint density at radius 1 is 0.750 bits per heavy atom. The van der Waals surface area contributed by atoms with Crippen molar-refractivity contribution in [1.82, 2.24) is 4.90 Å². The fraction of sp³-hybridized carbons (Fsp3) is 0.222. The van der Waals surface area contributed by atoms with Crippen LogP contribution >= 0.6 is 11.8 Å². The Morgan fingerprint density at radius 3 is 1.97 bits per heavy atom. The molecule has 32 heavy (non-hydrogen) atoms. The lowest BCUT2D eigenvalue weighted by atomic mass is 9.58. The van der Waals surface area contributed by atoms with Crippen LogP contribution in [0.5, 0.6) is 0 Å². The molecule has 5 heteroatoms. The number of nitrogens with zero attached hydrogens (tertiary/aromatic N) is 1. The van der Waals surface area contributed by atoms with Gasteiger partial charge in [0, 0.05) is 39.8 Å². The van der Waals surface area contributed by atoms with Crippen molar-refractivity contribution in [2.24, 2.45) is 5.41 Å². The number of ketones is 3. The standard InChI is InChI=1S/C27H21NO3S/c1-28-15-21(17-9-3-2-4-10-17)26(16-32-22-14-8-7-13-20(22)23(26)29)27(28)24(30)18-11-5-6-12-19(18)25(27)31/h2-14,21H,15-16H2,1H3/t21-,26+/m0/s1. The fourth-order valence-corrected chi connectivity index (χ4v) is 7.58. The SMILES string of the molecule is CN1C[C@@H](c2ccccc2)[C@@]2(CSc3ccccc3C2=O)C12C(=O)c1ccccc1C2=O. The number of hydrogen-bond acceptors (Lipinski definition) is 5. The molecule has 1 fully saturated rings. The van der Waals surface area contributed by atoms with Gasteiger partial charge in [-0.2, -0.15) is 0 Å². The van der Waals surface area contributed by atoms with Crippen LogP contribution in [0.1, 0.15) is 42.6 Å². The number of carbonyl (C=O) groups is 3. The van der Waals surface area contributed by atoms with Crippen molar-refractivity contribution in [3.05, 3.63) is 101 Å². The summed E-state index contributed by atoms with van der Waals surface area (Å²) in [5.41, 5.74) is -0.273. The van der Waals surface area contributed by atoms with Crippen LogP contribution in [0.3, 0.4) is 0 Å². The van der Waals surface area contributed by atoms with Gasteiger partial charge in [0.05, 0.1) is 5.41 Å². The Morgan fingerprint density at radius 2 is 1.31 bits per heavy atom. The molecule has 4 nitrogen and oxygen atoms in total. The molecule has 0 unspecified atom stereocenters. The van der Waals surface area contributed by atoms with Crippen LogP contribution in [0.15, 0.2) is 83.8 Å². The van der Waals surface area contributed by atoms with Gasteiger partial charge in [-0.25, -0.2) is 0 Å². The summed E-state index contributed by atoms with van der Waals surface area (Å²) in [6, 6.07) is 24.4. The van der Waals surface area contributed by atoms with E-state index in [-0.39, 0.29) is 23.3 Å². The average molecular weight is 440 g/mol. The second-order valence-electron chi connectivity index (χ2n) is 8.84. The summed E-state index contributed by atoms with van der Waals surface area (Å²) in [7, 11) is 1.82. The highest BCUT2D eigenvalue weighted by Crippen LogP contribution is 2.62. The van der Waals surface area contributed by atoms with E-state index in [1.54, 1.807) is 36.0 Å². The molecule has 158 valence electrons. The molecule has 6 rings (SSSR count). The summed E-state index contributed by atoms with van der Waals surface area (Å²) in [5, 5.41) is 0. The molecule has 3 aromatic rings. The highest BCUT2D eigenvalue weighted by atomic mass is 32.2. The number of thioether (sulfide) groups is 1. The number of Topliss-reactive ketones (excluding diaryl/α,β-unsaturated/α-hetero) is 3. The van der Waals surface area contributed by atoms with E-state index < -0.39 is 11.0 Å². The lowest BCUT2D eigenvalue weighted by Crippen LogP contribution is -2.66. The molecule has 2 spiro atoms. The first-order chi connectivity index (χ1) is 15.5. The predicted octanol–water partition coefficient (Wildman–Crippen LogP) is 4.51. The first-order valence-corrected chi connectivity index (χ1v) is 11.7. The van der Waals surface area contributed by atoms with Crippen LogP contribution in [0.25, 0.3) is 0 Å². The Hall–Kier alpha value is -3.02. The summed E-state index contributed by atoms with van der Waals surface area (Å²) in [6.07, 6.45) is 0. The zero-order valence-electron chi connectivity index (χ0n) is 17.6. The summed E-state index contributed by atoms with van der Waals surface area (Å²) in [6.45, 7) is 0.462. The summed E-state index contributed by atoms with van der Waals surface area (Å²) in [4.78, 5) is 45.5. The monoisotopic (exact) mass is 439 g/mol. The Kier molecular flexibility index (Phi) is 4.14. The molecule has 0 radical (unpaired) electrons. The number of fused-ring (bicyclic) bond motifs is 3. The van der Waals surface area contributed by atoms with Crippen LogP contribution in [0, 0.1) is 5.41 Å². The quantitative estimate of drug-likeness (QED) is 0.522. The van der Waals surface area contributed by atoms with E-state index in [2.05, 4.69) is 0 Å². The van der Waals surface area contributed by atoms with Gasteiger partial charge >= 0.3 is 0 Å². The molecule has 0 N–H and O–H groups in total. The maximum atomic E-state index is 14.4. The fourth-order valence-electron chi connectivity index (χ4n) is 6.16. The highest BCUT2D eigenvalue weighted by molar-refractivity contribution is 7.99. The molecule has 3 aliphatic rings. The topological polar surface area (TPSA) is 54.5 Å². The number of likely N-dealkylation sites (tertiary alicyclic amines) is 1. The van der Waals surface area contributed by atoms with Crippen LogP contribution in [0.4, 0.5) is 0 Å². The van der Waals surface area contributed by atoms with Crippen molar-refractivity contribution in [2.75, 3.05) is 19.3 Å². The van der Waals surface area contributed by atoms with Crippen LogP contribution < -0.4 is 0 Å². The van der Waals surface area contributed by atoms with Crippen molar-refractivity contribution >= 4 is 29.1 Å². The van der Waals surface area contributed by atoms with E-state index in [0.29, 0.717) is 29.0 Å². The van der Waals surface area contributed by atoms with Gasteiger partial charge in [-0.05, 0) is 18.7 Å². The number of rotatable bonds is 1. The van der Waals surface area contributed by atoms with Gasteiger partial charge in [-0.1, -0.05) is 72.8 Å². The van der Waals surface area contributed by atoms with Gasteiger partial charge in [0.1, 0.15) is 0 Å². The highest BCUT2D eigenvalue weighted by Gasteiger charge is 2.76. The predicted molar refractivity (Wildman–Crippen MR) is 124 cm³/mol. The molecule has 0 aromatic heterocycles. The largest absolute Gasteiger partial charge is 0.293 e. The second kappa shape index (κ2) is 6.74. The third-order valence-corrected chi connectivity index (χ3v) is 8.80. The summed E-state index contributed by atoms with van der Waals surface area (Å²) >= 11 is 1.58. The summed E-state index contributed by atoms with van der Waals surface area (Å²) in [5.74, 6) is -0.471. The first kappa shape index (κ1) is 19.6. The van der Waals surface area contributed by atoms with Gasteiger partial charge in [0.15, 0.2) is 22.9 Å². The van der Waals surface area contributed by atoms with Gasteiger partial charge in [0.25, 0.3) is 0 Å². The Bertz CT molecular complexity index is 1270. The number of benzene rings is 3. The Balaban J connectivity index is 1.67. The third-order valence-electron chi connectivity index (χ3n) is 7.54. The van der Waals surface area contributed by atoms with Gasteiger partial charge in [0.2, 0.25) is 0 Å². The first-order valence-electron chi connectivity index (χ1n) is 10.7. The molecule has 2 heterocycles. The second-order valence-corrected chi connectivity index (χ2v) is 9.86. The number of hydrogen-bond donors (Lipinski definition) is 0. The maximum absolute atomic E-state index is 14.4. The molecule has 3 aromatic carbocycles. The minimum absolute atomic E-state index is 0.0976. The molecule has 1 saturated heterocycles. The van der Waals surface area contributed by atoms with E-state index in [4.69, 9.17) is 0 Å². The van der Waals surface area contributed by atoms with Crippen molar-refractivity contribution in [3.63, 3.8) is 0 Å². The van der Waals surface area contributed by atoms with Crippen LogP contribution in [-0.4, -0.2) is 47.1 Å². The molecule has 0 amide bonds. The minimum atomic E-state index is -1.53. The van der Waals surface area contributed by atoms with E-state index in [9.17, 15) is 14.4 Å². The zero-order valence-corrected chi connectivity index (χ0v) is 18.4. The molecule has 2 atom stereocenters. The Labute approximate surface area is 190 Å². The van der Waals surface area contributed by atoms with E-state index in [1.165, 1.54) is 0 Å². The molecule has 2 aliphatic heterocycles. The molecular weight excluding hydrogens is 418 g/mol.